The molecule has 1 amide bonds. The number of nitrogens with zero attached hydrogens (tertiary/aromatic N) is 1. The summed E-state index contributed by atoms with van der Waals surface area (Å²) in [5, 5.41) is 23.7. The normalized spacial score (nSPS) is 11.5. The van der Waals surface area contributed by atoms with Crippen LogP contribution in [0.1, 0.15) is 59.7 Å². The number of aromatic nitrogens is 1. The van der Waals surface area contributed by atoms with Crippen LogP contribution in [0.3, 0.4) is 0 Å². The van der Waals surface area contributed by atoms with Gasteiger partial charge in [0.25, 0.3) is 5.91 Å². The third kappa shape index (κ3) is 4.56. The van der Waals surface area contributed by atoms with Gasteiger partial charge in [-0.15, -0.1) is 0 Å². The van der Waals surface area contributed by atoms with E-state index in [1.54, 1.807) is 6.07 Å². The zero-order valence-electron chi connectivity index (χ0n) is 19.3. The average molecular weight is 439 g/mol. The van der Waals surface area contributed by atoms with Crippen LogP contribution in [0.2, 0.25) is 0 Å². The summed E-state index contributed by atoms with van der Waals surface area (Å²) in [6.45, 7) is 11.9. The Labute approximate surface area is 187 Å². The minimum Gasteiger partial charge on any atom is -0.507 e. The Morgan fingerprint density at radius 1 is 1.00 bits per heavy atom. The number of carboxylic acid groups (broad SMARTS) is 1. The highest BCUT2D eigenvalue weighted by Gasteiger charge is 2.23. The summed E-state index contributed by atoms with van der Waals surface area (Å²) in [6.07, 6.45) is 0. The number of hydrogen-bond donors (Lipinski definition) is 3. The van der Waals surface area contributed by atoms with Crippen molar-refractivity contribution < 1.29 is 24.6 Å². The average Bonchev–Trinajstić information content (AvgIpc) is 3.05. The zero-order chi connectivity index (χ0) is 23.7. The van der Waals surface area contributed by atoms with Crippen molar-refractivity contribution in [1.29, 1.82) is 0 Å². The second kappa shape index (κ2) is 8.94. The lowest BCUT2D eigenvalue weighted by Crippen LogP contribution is -2.42. The Morgan fingerprint density at radius 2 is 1.66 bits per heavy atom. The van der Waals surface area contributed by atoms with Gasteiger partial charge in [-0.3, -0.25) is 4.79 Å². The molecule has 1 heterocycles. The van der Waals surface area contributed by atoms with Gasteiger partial charge in [0.15, 0.2) is 11.4 Å². The third-order valence-corrected chi connectivity index (χ3v) is 5.59. The van der Waals surface area contributed by atoms with Crippen molar-refractivity contribution >= 4 is 22.8 Å². The molecule has 3 aromatic rings. The summed E-state index contributed by atoms with van der Waals surface area (Å²) < 4.78 is 1.25. The molecule has 0 bridgehead atoms. The highest BCUT2D eigenvalue weighted by Crippen LogP contribution is 2.29. The predicted octanol–water partition coefficient (Wildman–Crippen LogP) is 4.91. The van der Waals surface area contributed by atoms with E-state index in [0.717, 1.165) is 16.5 Å². The number of carboxylic acids is 1. The van der Waals surface area contributed by atoms with Crippen molar-refractivity contribution in [3.8, 4) is 11.5 Å². The number of carbonyl (C=O) groups is 2. The molecule has 32 heavy (non-hydrogen) atoms. The summed E-state index contributed by atoms with van der Waals surface area (Å²) in [6, 6.07) is 9.60. The van der Waals surface area contributed by atoms with E-state index in [0.29, 0.717) is 5.52 Å². The van der Waals surface area contributed by atoms with Crippen LogP contribution in [0.4, 0.5) is 0 Å². The molecule has 0 radical (unpaired) electrons. The van der Waals surface area contributed by atoms with Gasteiger partial charge < -0.3 is 20.4 Å². The van der Waals surface area contributed by atoms with E-state index in [4.69, 9.17) is 4.84 Å². The Balaban J connectivity index is 2.01. The summed E-state index contributed by atoms with van der Waals surface area (Å²) in [5.74, 6) is -1.05. The first-order valence-corrected chi connectivity index (χ1v) is 10.7. The van der Waals surface area contributed by atoms with E-state index in [2.05, 4.69) is 5.32 Å². The number of carbonyl (C=O) groups excluding carboxylic acids is 1. The summed E-state index contributed by atoms with van der Waals surface area (Å²) in [5.41, 5.74) is 2.54. The van der Waals surface area contributed by atoms with Gasteiger partial charge in [-0.1, -0.05) is 33.8 Å². The number of nitrogens with one attached hydrogen (secondary N) is 1. The molecule has 0 spiro atoms. The number of aromatic hydroxyl groups is 1. The first kappa shape index (κ1) is 23.2. The smallest absolute Gasteiger partial charge is 0.356 e. The Bertz CT molecular complexity index is 1170. The molecule has 0 unspecified atom stereocenters. The predicted molar refractivity (Wildman–Crippen MR) is 123 cm³/mol. The molecule has 0 atom stereocenters. The van der Waals surface area contributed by atoms with E-state index in [9.17, 15) is 19.8 Å². The van der Waals surface area contributed by atoms with Crippen molar-refractivity contribution in [3.63, 3.8) is 0 Å². The Kier molecular flexibility index (Phi) is 6.48. The second-order valence-corrected chi connectivity index (χ2v) is 8.90. The number of aryl methyl sites for hydroxylation is 2. The highest BCUT2D eigenvalue weighted by molar-refractivity contribution is 5.98. The molecule has 0 aliphatic rings. The first-order chi connectivity index (χ1) is 15.0. The Hall–Kier alpha value is -3.48. The SMILES string of the molecule is Cc1cc(C)c2cc(C(=O)O)n(Oc3ccc(O)c(C(=O)NC(C(C)C)C(C)C)c3)c2c1. The summed E-state index contributed by atoms with van der Waals surface area (Å²) in [7, 11) is 0. The zero-order valence-corrected chi connectivity index (χ0v) is 19.3. The van der Waals surface area contributed by atoms with Crippen LogP contribution in [-0.4, -0.2) is 32.9 Å². The van der Waals surface area contributed by atoms with Crippen LogP contribution in [0.15, 0.2) is 36.4 Å². The maximum Gasteiger partial charge on any atom is 0.356 e. The minimum absolute atomic E-state index is 0.0348. The van der Waals surface area contributed by atoms with E-state index in [1.807, 2.05) is 53.7 Å². The van der Waals surface area contributed by atoms with Crippen LogP contribution >= 0.6 is 0 Å². The number of amides is 1. The number of hydrogen-bond acceptors (Lipinski definition) is 4. The maximum absolute atomic E-state index is 12.9. The standard InChI is InChI=1S/C25H30N2O5/c1-13(2)23(14(3)4)26-24(29)19-11-17(7-8-22(19)28)32-27-20-10-15(5)9-16(6)18(20)12-21(27)25(30)31/h7-14,23,28H,1-6H3,(H,26,29)(H,30,31). The van der Waals surface area contributed by atoms with Crippen molar-refractivity contribution in [3.05, 3.63) is 58.8 Å². The molecular formula is C25H30N2O5. The molecule has 3 rings (SSSR count). The quantitative estimate of drug-likeness (QED) is 0.486. The molecule has 0 aliphatic carbocycles. The van der Waals surface area contributed by atoms with Crippen LogP contribution in [0, 0.1) is 25.7 Å². The lowest BCUT2D eigenvalue weighted by atomic mass is 9.93. The van der Waals surface area contributed by atoms with Gasteiger partial charge in [-0.25, -0.2) is 4.79 Å². The van der Waals surface area contributed by atoms with Gasteiger partial charge in [0.1, 0.15) is 5.75 Å². The van der Waals surface area contributed by atoms with Crippen molar-refractivity contribution in [2.24, 2.45) is 11.8 Å². The third-order valence-electron chi connectivity index (χ3n) is 5.59. The lowest BCUT2D eigenvalue weighted by molar-refractivity contribution is 0.0658. The number of benzene rings is 2. The number of phenolic OH excluding ortho intramolecular Hbond substituents is 1. The summed E-state index contributed by atoms with van der Waals surface area (Å²) >= 11 is 0. The fraction of sp³-hybridized carbons (Fsp3) is 0.360. The molecular weight excluding hydrogens is 408 g/mol. The van der Waals surface area contributed by atoms with Crippen LogP contribution in [-0.2, 0) is 0 Å². The van der Waals surface area contributed by atoms with Crippen LogP contribution < -0.4 is 10.2 Å². The molecule has 2 aromatic carbocycles. The van der Waals surface area contributed by atoms with Crippen molar-refractivity contribution in [1.82, 2.24) is 10.0 Å². The molecule has 7 heteroatoms. The topological polar surface area (TPSA) is 101 Å². The van der Waals surface area contributed by atoms with Crippen molar-refractivity contribution in [2.75, 3.05) is 0 Å². The fourth-order valence-electron chi connectivity index (χ4n) is 4.08. The molecule has 1 aromatic heterocycles. The number of aromatic carboxylic acids is 1. The monoisotopic (exact) mass is 438 g/mol. The largest absolute Gasteiger partial charge is 0.507 e. The van der Waals surface area contributed by atoms with E-state index >= 15 is 0 Å². The summed E-state index contributed by atoms with van der Waals surface area (Å²) in [4.78, 5) is 30.7. The number of phenols is 1. The van der Waals surface area contributed by atoms with Gasteiger partial charge in [0, 0.05) is 11.4 Å². The van der Waals surface area contributed by atoms with Crippen LogP contribution in [0.25, 0.3) is 10.9 Å². The van der Waals surface area contributed by atoms with Gasteiger partial charge in [-0.05, 0) is 67.1 Å². The van der Waals surface area contributed by atoms with Gasteiger partial charge in [-0.2, -0.15) is 4.73 Å². The van der Waals surface area contributed by atoms with Crippen LogP contribution in [0.5, 0.6) is 11.5 Å². The molecule has 0 aliphatic heterocycles. The Morgan fingerprint density at radius 3 is 2.25 bits per heavy atom. The van der Waals surface area contributed by atoms with Gasteiger partial charge in [0.2, 0.25) is 0 Å². The minimum atomic E-state index is -1.13. The molecule has 7 nitrogen and oxygen atoms in total. The number of fused-ring (bicyclic) bond motifs is 1. The van der Waals surface area contributed by atoms with E-state index in [-0.39, 0.29) is 40.6 Å². The van der Waals surface area contributed by atoms with Gasteiger partial charge >= 0.3 is 5.97 Å². The highest BCUT2D eigenvalue weighted by atomic mass is 16.7. The molecule has 0 saturated carbocycles. The lowest BCUT2D eigenvalue weighted by Gasteiger charge is -2.26. The van der Waals surface area contributed by atoms with Gasteiger partial charge in [0.05, 0.1) is 11.1 Å². The molecule has 170 valence electrons. The van der Waals surface area contributed by atoms with E-state index in [1.165, 1.54) is 22.9 Å². The number of rotatable bonds is 7. The molecule has 3 N–H and O–H groups in total. The molecule has 0 saturated heterocycles. The van der Waals surface area contributed by atoms with E-state index < -0.39 is 11.9 Å². The maximum atomic E-state index is 12.9. The fourth-order valence-corrected chi connectivity index (χ4v) is 4.08. The first-order valence-electron chi connectivity index (χ1n) is 10.7. The second-order valence-electron chi connectivity index (χ2n) is 8.90. The van der Waals surface area contributed by atoms with Crippen molar-refractivity contribution in [2.45, 2.75) is 47.6 Å². The molecule has 0 fully saturated rings.